The van der Waals surface area contributed by atoms with E-state index >= 15 is 0 Å². The van der Waals surface area contributed by atoms with E-state index in [9.17, 15) is 14.4 Å². The summed E-state index contributed by atoms with van der Waals surface area (Å²) in [7, 11) is 0. The molecule has 1 fully saturated rings. The van der Waals surface area contributed by atoms with Gasteiger partial charge in [-0.05, 0) is 38.3 Å². The molecule has 0 radical (unpaired) electrons. The lowest BCUT2D eigenvalue weighted by atomic mass is 10.0. The summed E-state index contributed by atoms with van der Waals surface area (Å²) in [6.45, 7) is 2.88. The number of thiazole rings is 1. The Bertz CT molecular complexity index is 1160. The van der Waals surface area contributed by atoms with Crippen LogP contribution in [0.15, 0.2) is 44.9 Å². The number of thioether (sulfide) groups is 1. The molecule has 9 heteroatoms. The first-order valence-corrected chi connectivity index (χ1v) is 12.2. The van der Waals surface area contributed by atoms with Crippen molar-refractivity contribution in [1.29, 1.82) is 0 Å². The standard InChI is InChI=1S/C22H23N3O4S2/c1-14-6-4-5-9-25(14)20(27)13-30-12-19(26)24-22-23-17(11-31-22)16-10-15-7-2-3-8-18(15)29-21(16)28/h2-3,7-8,10-11,14H,4-6,9,12-13H2,1H3,(H,23,24,26). The van der Waals surface area contributed by atoms with Crippen molar-refractivity contribution < 1.29 is 14.0 Å². The molecule has 0 saturated carbocycles. The number of carbonyl (C=O) groups is 2. The molecule has 0 spiro atoms. The van der Waals surface area contributed by atoms with E-state index in [0.717, 1.165) is 31.2 Å². The van der Waals surface area contributed by atoms with Gasteiger partial charge < -0.3 is 14.6 Å². The van der Waals surface area contributed by atoms with E-state index in [1.807, 2.05) is 17.0 Å². The van der Waals surface area contributed by atoms with Crippen LogP contribution in [0.1, 0.15) is 26.2 Å². The summed E-state index contributed by atoms with van der Waals surface area (Å²) in [6.07, 6.45) is 3.25. The number of hydrogen-bond donors (Lipinski definition) is 1. The van der Waals surface area contributed by atoms with Gasteiger partial charge in [-0.15, -0.1) is 23.1 Å². The zero-order valence-corrected chi connectivity index (χ0v) is 18.8. The first-order valence-electron chi connectivity index (χ1n) is 10.2. The zero-order valence-electron chi connectivity index (χ0n) is 17.1. The number of likely N-dealkylation sites (tertiary alicyclic amines) is 1. The van der Waals surface area contributed by atoms with E-state index < -0.39 is 5.63 Å². The van der Waals surface area contributed by atoms with E-state index in [1.165, 1.54) is 23.1 Å². The van der Waals surface area contributed by atoms with Crippen molar-refractivity contribution in [2.75, 3.05) is 23.4 Å². The molecule has 7 nitrogen and oxygen atoms in total. The van der Waals surface area contributed by atoms with E-state index in [0.29, 0.717) is 27.7 Å². The van der Waals surface area contributed by atoms with Crippen LogP contribution in [-0.4, -0.2) is 45.8 Å². The number of benzene rings is 1. The second-order valence-corrected chi connectivity index (χ2v) is 9.34. The second kappa shape index (κ2) is 9.65. The number of amides is 2. The van der Waals surface area contributed by atoms with Gasteiger partial charge >= 0.3 is 5.63 Å². The highest BCUT2D eigenvalue weighted by molar-refractivity contribution is 8.00. The summed E-state index contributed by atoms with van der Waals surface area (Å²) in [5.41, 5.74) is 0.862. The minimum atomic E-state index is -0.470. The molecule has 1 saturated heterocycles. The number of hydrogen-bond acceptors (Lipinski definition) is 7. The van der Waals surface area contributed by atoms with Gasteiger partial charge in [0.25, 0.3) is 0 Å². The number of piperidine rings is 1. The predicted molar refractivity (Wildman–Crippen MR) is 125 cm³/mol. The molecule has 162 valence electrons. The van der Waals surface area contributed by atoms with Crippen molar-refractivity contribution in [3.8, 4) is 11.3 Å². The number of rotatable bonds is 6. The highest BCUT2D eigenvalue weighted by Gasteiger charge is 2.23. The van der Waals surface area contributed by atoms with Gasteiger partial charge in [-0.25, -0.2) is 9.78 Å². The van der Waals surface area contributed by atoms with Crippen LogP contribution in [0.3, 0.4) is 0 Å². The molecular weight excluding hydrogens is 434 g/mol. The van der Waals surface area contributed by atoms with Gasteiger partial charge in [0.05, 0.1) is 22.8 Å². The average Bonchev–Trinajstić information content (AvgIpc) is 3.21. The number of aromatic nitrogens is 1. The van der Waals surface area contributed by atoms with E-state index in [2.05, 4.69) is 17.2 Å². The van der Waals surface area contributed by atoms with Crippen molar-refractivity contribution >= 4 is 51.0 Å². The Morgan fingerprint density at radius 3 is 2.97 bits per heavy atom. The van der Waals surface area contributed by atoms with Crippen LogP contribution in [0.25, 0.3) is 22.2 Å². The minimum absolute atomic E-state index is 0.0876. The third-order valence-corrected chi connectivity index (χ3v) is 6.93. The average molecular weight is 458 g/mol. The largest absolute Gasteiger partial charge is 0.422 e. The number of carbonyl (C=O) groups excluding carboxylic acids is 2. The molecular formula is C22H23N3O4S2. The molecule has 1 aromatic carbocycles. The summed E-state index contributed by atoms with van der Waals surface area (Å²) in [4.78, 5) is 43.2. The summed E-state index contributed by atoms with van der Waals surface area (Å²) in [5, 5.41) is 5.67. The Kier molecular flexibility index (Phi) is 6.72. The summed E-state index contributed by atoms with van der Waals surface area (Å²) in [6, 6.07) is 9.29. The van der Waals surface area contributed by atoms with Crippen molar-refractivity contribution in [3.05, 3.63) is 46.1 Å². The van der Waals surface area contributed by atoms with Crippen LogP contribution in [0, 0.1) is 0 Å². The van der Waals surface area contributed by atoms with Crippen LogP contribution in [0.4, 0.5) is 5.13 Å². The quantitative estimate of drug-likeness (QED) is 0.563. The Morgan fingerprint density at radius 2 is 2.13 bits per heavy atom. The molecule has 0 aliphatic carbocycles. The van der Waals surface area contributed by atoms with Crippen LogP contribution >= 0.6 is 23.1 Å². The van der Waals surface area contributed by atoms with Gasteiger partial charge in [-0.3, -0.25) is 9.59 Å². The lowest BCUT2D eigenvalue weighted by Gasteiger charge is -2.33. The van der Waals surface area contributed by atoms with Crippen molar-refractivity contribution in [2.45, 2.75) is 32.2 Å². The van der Waals surface area contributed by atoms with Gasteiger partial charge in [-0.1, -0.05) is 18.2 Å². The fraction of sp³-hybridized carbons (Fsp3) is 0.364. The number of fused-ring (bicyclic) bond motifs is 1. The number of nitrogens with one attached hydrogen (secondary N) is 1. The molecule has 4 rings (SSSR count). The van der Waals surface area contributed by atoms with Crippen LogP contribution < -0.4 is 10.9 Å². The third kappa shape index (κ3) is 5.16. The topological polar surface area (TPSA) is 92.5 Å². The fourth-order valence-electron chi connectivity index (χ4n) is 3.63. The third-order valence-electron chi connectivity index (χ3n) is 5.25. The van der Waals surface area contributed by atoms with Crippen LogP contribution in [0.2, 0.25) is 0 Å². The van der Waals surface area contributed by atoms with Crippen molar-refractivity contribution in [3.63, 3.8) is 0 Å². The Hall–Kier alpha value is -2.65. The molecule has 1 aliphatic heterocycles. The van der Waals surface area contributed by atoms with Gasteiger partial charge in [-0.2, -0.15) is 0 Å². The zero-order chi connectivity index (χ0) is 21.8. The second-order valence-electron chi connectivity index (χ2n) is 7.50. The highest BCUT2D eigenvalue weighted by Crippen LogP contribution is 2.25. The molecule has 1 atom stereocenters. The summed E-state index contributed by atoms with van der Waals surface area (Å²) < 4.78 is 5.35. The number of para-hydroxylation sites is 1. The Balaban J connectivity index is 1.33. The maximum Gasteiger partial charge on any atom is 0.345 e. The van der Waals surface area contributed by atoms with Gasteiger partial charge in [0.2, 0.25) is 11.8 Å². The van der Waals surface area contributed by atoms with E-state index in [4.69, 9.17) is 4.42 Å². The summed E-state index contributed by atoms with van der Waals surface area (Å²) in [5.74, 6) is 0.320. The summed E-state index contributed by atoms with van der Waals surface area (Å²) >= 11 is 2.54. The molecule has 1 aliphatic rings. The number of anilines is 1. The number of nitrogens with zero attached hydrogens (tertiary/aromatic N) is 2. The van der Waals surface area contributed by atoms with E-state index in [-0.39, 0.29) is 23.6 Å². The molecule has 3 aromatic rings. The fourth-order valence-corrected chi connectivity index (χ4v) is 5.06. The van der Waals surface area contributed by atoms with Crippen molar-refractivity contribution in [2.24, 2.45) is 0 Å². The Morgan fingerprint density at radius 1 is 1.29 bits per heavy atom. The minimum Gasteiger partial charge on any atom is -0.422 e. The first kappa shape index (κ1) is 21.6. The maximum atomic E-state index is 12.4. The van der Waals surface area contributed by atoms with Crippen LogP contribution in [0.5, 0.6) is 0 Å². The first-order chi connectivity index (χ1) is 15.0. The molecule has 0 bridgehead atoms. The monoisotopic (exact) mass is 457 g/mol. The predicted octanol–water partition coefficient (Wildman–Crippen LogP) is 3.99. The lowest BCUT2D eigenvalue weighted by Crippen LogP contribution is -2.43. The normalized spacial score (nSPS) is 16.4. The molecule has 1 N–H and O–H groups in total. The van der Waals surface area contributed by atoms with E-state index in [1.54, 1.807) is 23.6 Å². The van der Waals surface area contributed by atoms with Gasteiger partial charge in [0, 0.05) is 23.4 Å². The van der Waals surface area contributed by atoms with Crippen LogP contribution in [-0.2, 0) is 9.59 Å². The molecule has 3 heterocycles. The lowest BCUT2D eigenvalue weighted by molar-refractivity contribution is -0.131. The SMILES string of the molecule is CC1CCCCN1C(=O)CSCC(=O)Nc1nc(-c2cc3ccccc3oc2=O)cs1. The molecule has 2 aromatic heterocycles. The highest BCUT2D eigenvalue weighted by atomic mass is 32.2. The van der Waals surface area contributed by atoms with Gasteiger partial charge in [0.15, 0.2) is 5.13 Å². The van der Waals surface area contributed by atoms with Gasteiger partial charge in [0.1, 0.15) is 5.58 Å². The van der Waals surface area contributed by atoms with Crippen molar-refractivity contribution in [1.82, 2.24) is 9.88 Å². The molecule has 2 amide bonds. The Labute approximate surface area is 187 Å². The smallest absolute Gasteiger partial charge is 0.345 e. The molecule has 31 heavy (non-hydrogen) atoms. The maximum absolute atomic E-state index is 12.4. The molecule has 1 unspecified atom stereocenters.